The summed E-state index contributed by atoms with van der Waals surface area (Å²) in [6.07, 6.45) is -0.607. The fourth-order valence-corrected chi connectivity index (χ4v) is 2.47. The van der Waals surface area contributed by atoms with Gasteiger partial charge in [0.15, 0.2) is 0 Å². The maximum absolute atomic E-state index is 10.2. The predicted octanol–water partition coefficient (Wildman–Crippen LogP) is 2.23. The Balaban J connectivity index is 1.85. The average molecular weight is 315 g/mol. The standard InChI is InChI=1S/C19H25NO3/c1-16-7-5-6-10-19(16)23-15-18(22)14-20(11-12-21)13-17-8-3-2-4-9-17/h2-10,18,21-22H,11-15H2,1H3/t18-/m1/s1. The van der Waals surface area contributed by atoms with Crippen LogP contribution in [-0.2, 0) is 6.54 Å². The van der Waals surface area contributed by atoms with Gasteiger partial charge in [0.1, 0.15) is 18.5 Å². The second-order valence-corrected chi connectivity index (χ2v) is 5.67. The summed E-state index contributed by atoms with van der Waals surface area (Å²) < 4.78 is 5.69. The minimum atomic E-state index is -0.607. The lowest BCUT2D eigenvalue weighted by Gasteiger charge is -2.24. The van der Waals surface area contributed by atoms with E-state index in [0.29, 0.717) is 19.6 Å². The van der Waals surface area contributed by atoms with Gasteiger partial charge in [0.05, 0.1) is 6.61 Å². The molecule has 2 N–H and O–H groups in total. The van der Waals surface area contributed by atoms with Gasteiger partial charge in [-0.2, -0.15) is 0 Å². The molecule has 0 aromatic heterocycles. The maximum atomic E-state index is 10.2. The van der Waals surface area contributed by atoms with Gasteiger partial charge in [0.25, 0.3) is 0 Å². The van der Waals surface area contributed by atoms with Crippen LogP contribution in [0.15, 0.2) is 54.6 Å². The van der Waals surface area contributed by atoms with Gasteiger partial charge in [-0.1, -0.05) is 48.5 Å². The van der Waals surface area contributed by atoms with Crippen LogP contribution in [0.2, 0.25) is 0 Å². The third-order valence-electron chi connectivity index (χ3n) is 3.66. The quantitative estimate of drug-likeness (QED) is 0.745. The normalized spacial score (nSPS) is 12.3. The van der Waals surface area contributed by atoms with E-state index in [1.807, 2.05) is 66.4 Å². The summed E-state index contributed by atoms with van der Waals surface area (Å²) in [6, 6.07) is 17.8. The van der Waals surface area contributed by atoms with Crippen LogP contribution in [0.5, 0.6) is 5.75 Å². The number of hydrogen-bond donors (Lipinski definition) is 2. The zero-order chi connectivity index (χ0) is 16.5. The summed E-state index contributed by atoms with van der Waals surface area (Å²) in [5, 5.41) is 19.4. The van der Waals surface area contributed by atoms with Crippen LogP contribution in [-0.4, -0.2) is 47.5 Å². The van der Waals surface area contributed by atoms with Crippen molar-refractivity contribution in [3.05, 3.63) is 65.7 Å². The van der Waals surface area contributed by atoms with Crippen LogP contribution in [0, 0.1) is 6.92 Å². The Hall–Kier alpha value is -1.88. The summed E-state index contributed by atoms with van der Waals surface area (Å²) >= 11 is 0. The molecular weight excluding hydrogens is 290 g/mol. The number of aliphatic hydroxyl groups excluding tert-OH is 2. The van der Waals surface area contributed by atoms with Gasteiger partial charge in [-0.05, 0) is 24.1 Å². The van der Waals surface area contributed by atoms with E-state index in [4.69, 9.17) is 4.74 Å². The van der Waals surface area contributed by atoms with Gasteiger partial charge < -0.3 is 14.9 Å². The SMILES string of the molecule is Cc1ccccc1OC[C@H](O)CN(CCO)Cc1ccccc1. The largest absolute Gasteiger partial charge is 0.491 e. The Morgan fingerprint density at radius 1 is 1.04 bits per heavy atom. The van der Waals surface area contributed by atoms with Crippen LogP contribution in [0.4, 0.5) is 0 Å². The van der Waals surface area contributed by atoms with Crippen LogP contribution >= 0.6 is 0 Å². The summed E-state index contributed by atoms with van der Waals surface area (Å²) in [5.41, 5.74) is 2.21. The number of ether oxygens (including phenoxy) is 1. The lowest BCUT2D eigenvalue weighted by molar-refractivity contribution is 0.0588. The van der Waals surface area contributed by atoms with Crippen molar-refractivity contribution >= 4 is 0 Å². The highest BCUT2D eigenvalue weighted by atomic mass is 16.5. The fourth-order valence-electron chi connectivity index (χ4n) is 2.47. The summed E-state index contributed by atoms with van der Waals surface area (Å²) in [4.78, 5) is 2.03. The molecule has 0 saturated carbocycles. The number of nitrogens with zero attached hydrogens (tertiary/aromatic N) is 1. The third-order valence-corrected chi connectivity index (χ3v) is 3.66. The Morgan fingerprint density at radius 3 is 2.43 bits per heavy atom. The first-order valence-corrected chi connectivity index (χ1v) is 7.92. The zero-order valence-corrected chi connectivity index (χ0v) is 13.6. The van der Waals surface area contributed by atoms with Crippen molar-refractivity contribution in [2.75, 3.05) is 26.3 Å². The number of benzene rings is 2. The van der Waals surface area contributed by atoms with Gasteiger partial charge in [0, 0.05) is 19.6 Å². The maximum Gasteiger partial charge on any atom is 0.122 e. The number of rotatable bonds is 9. The van der Waals surface area contributed by atoms with Crippen molar-refractivity contribution in [2.24, 2.45) is 0 Å². The molecule has 0 fully saturated rings. The van der Waals surface area contributed by atoms with E-state index >= 15 is 0 Å². The van der Waals surface area contributed by atoms with Crippen LogP contribution < -0.4 is 4.74 Å². The van der Waals surface area contributed by atoms with Gasteiger partial charge in [-0.25, -0.2) is 0 Å². The highest BCUT2D eigenvalue weighted by Gasteiger charge is 2.13. The minimum absolute atomic E-state index is 0.0677. The van der Waals surface area contributed by atoms with E-state index in [0.717, 1.165) is 16.9 Å². The summed E-state index contributed by atoms with van der Waals surface area (Å²) in [7, 11) is 0. The number of aryl methyl sites for hydroxylation is 1. The molecular formula is C19H25NO3. The third kappa shape index (κ3) is 6.02. The zero-order valence-electron chi connectivity index (χ0n) is 13.6. The van der Waals surface area contributed by atoms with Gasteiger partial charge in [0.2, 0.25) is 0 Å². The summed E-state index contributed by atoms with van der Waals surface area (Å²) in [5.74, 6) is 0.795. The Labute approximate surface area is 138 Å². The molecule has 2 aromatic rings. The van der Waals surface area contributed by atoms with E-state index < -0.39 is 6.10 Å². The Kier molecular flexibility index (Phi) is 7.07. The number of aliphatic hydroxyl groups is 2. The highest BCUT2D eigenvalue weighted by molar-refractivity contribution is 5.31. The molecule has 2 aromatic carbocycles. The van der Waals surface area contributed by atoms with Crippen molar-refractivity contribution in [3.8, 4) is 5.75 Å². The van der Waals surface area contributed by atoms with E-state index in [-0.39, 0.29) is 13.2 Å². The van der Waals surface area contributed by atoms with Crippen LogP contribution in [0.1, 0.15) is 11.1 Å². The monoisotopic (exact) mass is 315 g/mol. The predicted molar refractivity (Wildman–Crippen MR) is 91.5 cm³/mol. The lowest BCUT2D eigenvalue weighted by Crippen LogP contribution is -2.37. The second kappa shape index (κ2) is 9.30. The molecule has 2 rings (SSSR count). The molecule has 0 unspecified atom stereocenters. The van der Waals surface area contributed by atoms with Crippen molar-refractivity contribution < 1.29 is 14.9 Å². The van der Waals surface area contributed by atoms with E-state index in [1.165, 1.54) is 0 Å². The molecule has 4 nitrogen and oxygen atoms in total. The Bertz CT molecular complexity index is 574. The van der Waals surface area contributed by atoms with E-state index in [2.05, 4.69) is 0 Å². The van der Waals surface area contributed by atoms with Crippen LogP contribution in [0.3, 0.4) is 0 Å². The molecule has 0 aliphatic carbocycles. The molecule has 0 bridgehead atoms. The fraction of sp³-hybridized carbons (Fsp3) is 0.368. The van der Waals surface area contributed by atoms with Crippen LogP contribution in [0.25, 0.3) is 0 Å². The highest BCUT2D eigenvalue weighted by Crippen LogP contribution is 2.16. The molecule has 124 valence electrons. The van der Waals surface area contributed by atoms with Gasteiger partial charge in [-0.15, -0.1) is 0 Å². The summed E-state index contributed by atoms with van der Waals surface area (Å²) in [6.45, 7) is 3.97. The van der Waals surface area contributed by atoms with E-state index in [1.54, 1.807) is 0 Å². The topological polar surface area (TPSA) is 52.9 Å². The van der Waals surface area contributed by atoms with Gasteiger partial charge >= 0.3 is 0 Å². The van der Waals surface area contributed by atoms with Gasteiger partial charge in [-0.3, -0.25) is 4.90 Å². The molecule has 23 heavy (non-hydrogen) atoms. The molecule has 0 spiro atoms. The molecule has 1 atom stereocenters. The number of hydrogen-bond acceptors (Lipinski definition) is 4. The first-order valence-electron chi connectivity index (χ1n) is 7.92. The molecule has 0 aliphatic rings. The van der Waals surface area contributed by atoms with E-state index in [9.17, 15) is 10.2 Å². The van der Waals surface area contributed by atoms with Crippen molar-refractivity contribution in [1.82, 2.24) is 4.90 Å². The second-order valence-electron chi connectivity index (χ2n) is 5.67. The number of para-hydroxylation sites is 1. The molecule has 0 saturated heterocycles. The molecule has 0 heterocycles. The molecule has 0 aliphatic heterocycles. The molecule has 0 radical (unpaired) electrons. The lowest BCUT2D eigenvalue weighted by atomic mass is 10.2. The van der Waals surface area contributed by atoms with Crippen molar-refractivity contribution in [2.45, 2.75) is 19.6 Å². The first kappa shape index (κ1) is 17.5. The van der Waals surface area contributed by atoms with Crippen molar-refractivity contribution in [3.63, 3.8) is 0 Å². The molecule has 0 amide bonds. The minimum Gasteiger partial charge on any atom is -0.491 e. The Morgan fingerprint density at radius 2 is 1.74 bits per heavy atom. The molecule has 4 heteroatoms. The average Bonchev–Trinajstić information content (AvgIpc) is 2.55. The first-order chi connectivity index (χ1) is 11.2. The smallest absolute Gasteiger partial charge is 0.122 e. The van der Waals surface area contributed by atoms with Crippen molar-refractivity contribution in [1.29, 1.82) is 0 Å².